The summed E-state index contributed by atoms with van der Waals surface area (Å²) in [6.45, 7) is 6.30. The number of ketones is 2. The Labute approximate surface area is 226 Å². The van der Waals surface area contributed by atoms with Crippen LogP contribution in [0.4, 0.5) is 0 Å². The van der Waals surface area contributed by atoms with Crippen molar-refractivity contribution < 1.29 is 9.59 Å². The topological polar surface area (TPSA) is 59.9 Å². The number of unbranched alkanes of at least 4 members (excludes halogenated alkanes) is 1. The average molecular weight is 507 g/mol. The third kappa shape index (κ3) is 5.70. The summed E-state index contributed by atoms with van der Waals surface area (Å²) in [7, 11) is 0. The molecule has 0 radical (unpaired) electrons. The van der Waals surface area contributed by atoms with Crippen molar-refractivity contribution in [3.8, 4) is 11.3 Å². The van der Waals surface area contributed by atoms with Crippen LogP contribution in [0.25, 0.3) is 17.3 Å². The lowest BCUT2D eigenvalue weighted by Crippen LogP contribution is -2.21. The van der Waals surface area contributed by atoms with Gasteiger partial charge in [0.05, 0.1) is 17.6 Å². The first-order valence-corrected chi connectivity index (χ1v) is 14.2. The molecule has 196 valence electrons. The molecular formula is C34H38N2O2. The van der Waals surface area contributed by atoms with Crippen LogP contribution in [0.3, 0.4) is 0 Å². The van der Waals surface area contributed by atoms with Crippen LogP contribution in [0.15, 0.2) is 48.8 Å². The Morgan fingerprint density at radius 3 is 2.58 bits per heavy atom. The van der Waals surface area contributed by atoms with E-state index in [4.69, 9.17) is 0 Å². The molecule has 3 aromatic rings. The molecule has 4 heteroatoms. The standard InChI is InChI=1S/C34H38N2O2/c1-4-5-8-32(37)26-13-11-25(12-14-26)30-15-10-24(16-22(30)2)17-29-19-28(31-21-35-20-23(3)36-31)18-27-7-6-9-33(38)34(27)29/h6-7,10,15-16,18-21,25-26H,4-5,8-9,11-14,17H2,1-3H3. The van der Waals surface area contributed by atoms with E-state index >= 15 is 0 Å². The van der Waals surface area contributed by atoms with E-state index in [0.717, 1.165) is 78.6 Å². The van der Waals surface area contributed by atoms with Gasteiger partial charge in [-0.25, -0.2) is 4.98 Å². The maximum Gasteiger partial charge on any atom is 0.167 e. The number of allylic oxidation sites excluding steroid dienone is 1. The highest BCUT2D eigenvalue weighted by molar-refractivity contribution is 6.04. The Hall–Kier alpha value is -3.40. The molecule has 0 amide bonds. The molecule has 1 heterocycles. The van der Waals surface area contributed by atoms with Gasteiger partial charge in [-0.2, -0.15) is 0 Å². The van der Waals surface area contributed by atoms with Crippen LogP contribution < -0.4 is 0 Å². The van der Waals surface area contributed by atoms with Crippen molar-refractivity contribution in [1.82, 2.24) is 9.97 Å². The smallest absolute Gasteiger partial charge is 0.167 e. The Balaban J connectivity index is 1.37. The summed E-state index contributed by atoms with van der Waals surface area (Å²) < 4.78 is 0. The van der Waals surface area contributed by atoms with Gasteiger partial charge in [0.25, 0.3) is 0 Å². The highest BCUT2D eigenvalue weighted by Crippen LogP contribution is 2.38. The van der Waals surface area contributed by atoms with Gasteiger partial charge in [0.15, 0.2) is 5.78 Å². The van der Waals surface area contributed by atoms with Crippen molar-refractivity contribution in [2.24, 2.45) is 5.92 Å². The molecule has 0 unspecified atom stereocenters. The number of nitrogens with zero attached hydrogens (tertiary/aromatic N) is 2. The first-order valence-electron chi connectivity index (χ1n) is 14.2. The number of carbonyl (C=O) groups excluding carboxylic acids is 2. The van der Waals surface area contributed by atoms with E-state index in [1.807, 2.05) is 13.0 Å². The fourth-order valence-electron chi connectivity index (χ4n) is 6.29. The van der Waals surface area contributed by atoms with Crippen LogP contribution >= 0.6 is 0 Å². The Bertz CT molecular complexity index is 1380. The Morgan fingerprint density at radius 1 is 1.03 bits per heavy atom. The molecule has 2 aromatic carbocycles. The van der Waals surface area contributed by atoms with Gasteiger partial charge in [0.1, 0.15) is 5.78 Å². The number of Topliss-reactive ketones (excluding diaryl/α,β-unsaturated/α-hetero) is 2. The average Bonchev–Trinajstić information content (AvgIpc) is 2.92. The van der Waals surface area contributed by atoms with Crippen LogP contribution in [-0.2, 0) is 11.2 Å². The van der Waals surface area contributed by atoms with Crippen molar-refractivity contribution in [3.63, 3.8) is 0 Å². The second-order valence-corrected chi connectivity index (χ2v) is 11.2. The summed E-state index contributed by atoms with van der Waals surface area (Å²) >= 11 is 0. The third-order valence-corrected chi connectivity index (χ3v) is 8.31. The molecule has 0 bridgehead atoms. The zero-order valence-corrected chi connectivity index (χ0v) is 22.9. The number of carbonyl (C=O) groups is 2. The zero-order chi connectivity index (χ0) is 26.6. The van der Waals surface area contributed by atoms with Crippen molar-refractivity contribution in [1.29, 1.82) is 0 Å². The van der Waals surface area contributed by atoms with Gasteiger partial charge in [-0.05, 0) is 98.2 Å². The summed E-state index contributed by atoms with van der Waals surface area (Å²) in [4.78, 5) is 34.5. The molecule has 1 aromatic heterocycles. The predicted molar refractivity (Wildman–Crippen MR) is 153 cm³/mol. The molecule has 0 aliphatic heterocycles. The summed E-state index contributed by atoms with van der Waals surface area (Å²) in [6.07, 6.45) is 15.8. The molecule has 2 aliphatic carbocycles. The fourth-order valence-corrected chi connectivity index (χ4v) is 6.29. The molecule has 2 aliphatic rings. The van der Waals surface area contributed by atoms with E-state index in [9.17, 15) is 9.59 Å². The predicted octanol–water partition coefficient (Wildman–Crippen LogP) is 7.98. The van der Waals surface area contributed by atoms with Gasteiger partial charge in [-0.15, -0.1) is 0 Å². The normalized spacial score (nSPS) is 18.9. The fraction of sp³-hybridized carbons (Fsp3) is 0.412. The number of benzene rings is 2. The minimum Gasteiger partial charge on any atom is -0.299 e. The highest BCUT2D eigenvalue weighted by atomic mass is 16.1. The molecule has 0 spiro atoms. The number of aryl methyl sites for hydroxylation is 2. The first-order chi connectivity index (χ1) is 18.4. The SMILES string of the molecule is CCCCC(=O)C1CCC(c2ccc(Cc3cc(-c4cncc(C)n4)cc4c3C(=O)CC=C4)cc2C)CC1. The van der Waals surface area contributed by atoms with Gasteiger partial charge in [-0.1, -0.05) is 43.7 Å². The lowest BCUT2D eigenvalue weighted by molar-refractivity contribution is -0.124. The second kappa shape index (κ2) is 11.6. The summed E-state index contributed by atoms with van der Waals surface area (Å²) in [6, 6.07) is 11.0. The third-order valence-electron chi connectivity index (χ3n) is 8.31. The summed E-state index contributed by atoms with van der Waals surface area (Å²) in [5, 5.41) is 0. The molecule has 1 fully saturated rings. The van der Waals surface area contributed by atoms with Gasteiger partial charge in [0, 0.05) is 36.1 Å². The minimum atomic E-state index is 0.179. The molecule has 0 N–H and O–H groups in total. The second-order valence-electron chi connectivity index (χ2n) is 11.2. The van der Waals surface area contributed by atoms with Crippen molar-refractivity contribution in [2.75, 3.05) is 0 Å². The molecule has 0 atom stereocenters. The van der Waals surface area contributed by atoms with Crippen LogP contribution in [0.5, 0.6) is 0 Å². The number of aromatic nitrogens is 2. The number of rotatable bonds is 8. The van der Waals surface area contributed by atoms with Gasteiger partial charge >= 0.3 is 0 Å². The Kier molecular flexibility index (Phi) is 7.97. The van der Waals surface area contributed by atoms with Crippen LogP contribution in [-0.4, -0.2) is 21.5 Å². The van der Waals surface area contributed by atoms with Crippen molar-refractivity contribution in [2.45, 2.75) is 84.5 Å². The van der Waals surface area contributed by atoms with Gasteiger partial charge in [-0.3, -0.25) is 14.6 Å². The lowest BCUT2D eigenvalue weighted by Gasteiger charge is -2.29. The van der Waals surface area contributed by atoms with Crippen molar-refractivity contribution in [3.05, 3.63) is 87.9 Å². The van der Waals surface area contributed by atoms with E-state index in [1.165, 1.54) is 16.7 Å². The quantitative estimate of drug-likeness (QED) is 0.311. The van der Waals surface area contributed by atoms with E-state index in [2.05, 4.69) is 60.2 Å². The minimum absolute atomic E-state index is 0.179. The maximum absolute atomic E-state index is 13.0. The van der Waals surface area contributed by atoms with E-state index < -0.39 is 0 Å². The van der Waals surface area contributed by atoms with Gasteiger partial charge < -0.3 is 0 Å². The lowest BCUT2D eigenvalue weighted by atomic mass is 9.75. The number of fused-ring (bicyclic) bond motifs is 1. The first kappa shape index (κ1) is 26.2. The Morgan fingerprint density at radius 2 is 1.84 bits per heavy atom. The number of hydrogen-bond donors (Lipinski definition) is 0. The van der Waals surface area contributed by atoms with E-state index in [0.29, 0.717) is 24.5 Å². The maximum atomic E-state index is 13.0. The van der Waals surface area contributed by atoms with Gasteiger partial charge in [0.2, 0.25) is 0 Å². The molecule has 1 saturated carbocycles. The van der Waals surface area contributed by atoms with Crippen LogP contribution in [0.2, 0.25) is 0 Å². The van der Waals surface area contributed by atoms with E-state index in [-0.39, 0.29) is 11.7 Å². The highest BCUT2D eigenvalue weighted by Gasteiger charge is 2.27. The summed E-state index contributed by atoms with van der Waals surface area (Å²) in [5.74, 6) is 1.45. The van der Waals surface area contributed by atoms with E-state index in [1.54, 1.807) is 12.4 Å². The molecule has 38 heavy (non-hydrogen) atoms. The zero-order valence-electron chi connectivity index (χ0n) is 22.9. The number of hydrogen-bond acceptors (Lipinski definition) is 4. The van der Waals surface area contributed by atoms with Crippen molar-refractivity contribution >= 4 is 17.6 Å². The molecule has 0 saturated heterocycles. The molecule has 5 rings (SSSR count). The van der Waals surface area contributed by atoms with Crippen LogP contribution in [0, 0.1) is 19.8 Å². The summed E-state index contributed by atoms with van der Waals surface area (Å²) in [5.41, 5.74) is 9.49. The monoisotopic (exact) mass is 506 g/mol. The largest absolute Gasteiger partial charge is 0.299 e. The molecule has 4 nitrogen and oxygen atoms in total. The van der Waals surface area contributed by atoms with Crippen LogP contribution in [0.1, 0.15) is 108 Å². The molecular weight excluding hydrogens is 468 g/mol.